The molecule has 4 nitrogen and oxygen atoms in total. The van der Waals surface area contributed by atoms with E-state index in [-0.39, 0.29) is 17.4 Å². The topological polar surface area (TPSA) is 55.8 Å². The smallest absolute Gasteiger partial charge is 0.376 e. The summed E-state index contributed by atoms with van der Waals surface area (Å²) in [5.41, 5.74) is 0.785. The molecule has 2 rings (SSSR count). The van der Waals surface area contributed by atoms with Gasteiger partial charge in [-0.1, -0.05) is 31.4 Å². The van der Waals surface area contributed by atoms with Gasteiger partial charge in [-0.2, -0.15) is 4.89 Å². The molecule has 1 saturated carbocycles. The molecule has 1 aromatic rings. The van der Waals surface area contributed by atoms with Crippen LogP contribution < -0.4 is 0 Å². The summed E-state index contributed by atoms with van der Waals surface area (Å²) >= 11 is 0. The van der Waals surface area contributed by atoms with Crippen molar-refractivity contribution in [3.63, 3.8) is 0 Å². The zero-order valence-electron chi connectivity index (χ0n) is 10.5. The van der Waals surface area contributed by atoms with E-state index in [1.165, 1.54) is 12.5 Å². The summed E-state index contributed by atoms with van der Waals surface area (Å²) in [7, 11) is 0. The van der Waals surface area contributed by atoms with Gasteiger partial charge < -0.3 is 5.11 Å². The van der Waals surface area contributed by atoms with Crippen LogP contribution in [0.25, 0.3) is 0 Å². The summed E-state index contributed by atoms with van der Waals surface area (Å²) in [6.45, 7) is 1.73. The molecular formula is C14H18O4. The zero-order valence-corrected chi connectivity index (χ0v) is 10.5. The van der Waals surface area contributed by atoms with Crippen molar-refractivity contribution in [1.29, 1.82) is 0 Å². The number of carbonyl (C=O) groups excluding carboxylic acids is 1. The van der Waals surface area contributed by atoms with Crippen LogP contribution in [0.2, 0.25) is 0 Å². The van der Waals surface area contributed by atoms with E-state index in [1.807, 2.05) is 0 Å². The second-order valence-corrected chi connectivity index (χ2v) is 4.70. The number of hydrogen-bond donors (Lipinski definition) is 1. The highest BCUT2D eigenvalue weighted by molar-refractivity contribution is 5.92. The lowest BCUT2D eigenvalue weighted by atomic mass is 9.98. The van der Waals surface area contributed by atoms with Crippen LogP contribution >= 0.6 is 0 Å². The molecular weight excluding hydrogens is 232 g/mol. The molecule has 1 aliphatic carbocycles. The van der Waals surface area contributed by atoms with Crippen molar-refractivity contribution in [3.05, 3.63) is 29.3 Å². The Morgan fingerprint density at radius 1 is 1.28 bits per heavy atom. The Hall–Kier alpha value is -1.55. The maximum atomic E-state index is 11.8. The normalized spacial score (nSPS) is 16.5. The van der Waals surface area contributed by atoms with Crippen LogP contribution in [-0.4, -0.2) is 17.2 Å². The second-order valence-electron chi connectivity index (χ2n) is 4.70. The largest absolute Gasteiger partial charge is 0.507 e. The molecule has 0 heterocycles. The fourth-order valence-corrected chi connectivity index (χ4v) is 2.14. The van der Waals surface area contributed by atoms with E-state index >= 15 is 0 Å². The zero-order chi connectivity index (χ0) is 13.0. The first-order valence-corrected chi connectivity index (χ1v) is 6.34. The first kappa shape index (κ1) is 12.9. The molecule has 0 amide bonds. The van der Waals surface area contributed by atoms with Gasteiger partial charge in [-0.3, -0.25) is 4.89 Å². The minimum atomic E-state index is -0.637. The number of carbonyl (C=O) groups is 1. The number of benzene rings is 1. The van der Waals surface area contributed by atoms with E-state index in [2.05, 4.69) is 0 Å². The molecule has 0 atom stereocenters. The number of phenols is 1. The van der Waals surface area contributed by atoms with Gasteiger partial charge in [-0.15, -0.1) is 0 Å². The molecule has 1 fully saturated rings. The molecule has 98 valence electrons. The quantitative estimate of drug-likeness (QED) is 0.661. The van der Waals surface area contributed by atoms with Gasteiger partial charge in [-0.25, -0.2) is 4.79 Å². The van der Waals surface area contributed by atoms with Gasteiger partial charge in [0, 0.05) is 0 Å². The van der Waals surface area contributed by atoms with Gasteiger partial charge in [0.2, 0.25) is 0 Å². The fourth-order valence-electron chi connectivity index (χ4n) is 2.14. The summed E-state index contributed by atoms with van der Waals surface area (Å²) < 4.78 is 0. The molecule has 0 saturated heterocycles. The van der Waals surface area contributed by atoms with Crippen molar-refractivity contribution in [1.82, 2.24) is 0 Å². The predicted molar refractivity (Wildman–Crippen MR) is 66.2 cm³/mol. The van der Waals surface area contributed by atoms with E-state index in [9.17, 15) is 9.90 Å². The molecule has 0 radical (unpaired) electrons. The van der Waals surface area contributed by atoms with Crippen LogP contribution in [-0.2, 0) is 9.78 Å². The third kappa shape index (κ3) is 3.01. The van der Waals surface area contributed by atoms with Crippen molar-refractivity contribution in [3.8, 4) is 5.75 Å². The molecule has 4 heteroatoms. The summed E-state index contributed by atoms with van der Waals surface area (Å²) in [5, 5.41) is 9.75. The minimum Gasteiger partial charge on any atom is -0.507 e. The number of hydrogen-bond acceptors (Lipinski definition) is 4. The first-order valence-electron chi connectivity index (χ1n) is 6.34. The molecule has 1 aromatic carbocycles. The Balaban J connectivity index is 1.93. The second kappa shape index (κ2) is 5.87. The minimum absolute atomic E-state index is 0.00495. The fraction of sp³-hybridized carbons (Fsp3) is 0.500. The number of phenolic OH excluding ortho intramolecular Hbond substituents is 1. The van der Waals surface area contributed by atoms with Gasteiger partial charge in [0.1, 0.15) is 17.4 Å². The number of para-hydroxylation sites is 1. The first-order chi connectivity index (χ1) is 8.68. The molecule has 0 spiro atoms. The Kier molecular flexibility index (Phi) is 4.20. The monoisotopic (exact) mass is 250 g/mol. The van der Waals surface area contributed by atoms with E-state index in [1.54, 1.807) is 19.1 Å². The number of aryl methyl sites for hydroxylation is 1. The summed E-state index contributed by atoms with van der Waals surface area (Å²) in [4.78, 5) is 21.7. The van der Waals surface area contributed by atoms with Crippen LogP contribution in [0.5, 0.6) is 5.75 Å². The highest BCUT2D eigenvalue weighted by Gasteiger charge is 2.19. The summed E-state index contributed by atoms with van der Waals surface area (Å²) in [6.07, 6.45) is 5.28. The third-order valence-corrected chi connectivity index (χ3v) is 3.27. The average molecular weight is 250 g/mol. The third-order valence-electron chi connectivity index (χ3n) is 3.27. The molecule has 18 heavy (non-hydrogen) atoms. The molecule has 0 unspecified atom stereocenters. The van der Waals surface area contributed by atoms with Gasteiger partial charge in [0.05, 0.1) is 0 Å². The van der Waals surface area contributed by atoms with Crippen LogP contribution in [0, 0.1) is 6.92 Å². The SMILES string of the molecule is Cc1cccc(C(=O)OOC2CCCCC2)c1O. The van der Waals surface area contributed by atoms with Crippen molar-refractivity contribution >= 4 is 5.97 Å². The predicted octanol–water partition coefficient (Wildman–Crippen LogP) is 3.12. The van der Waals surface area contributed by atoms with Crippen molar-refractivity contribution in [2.75, 3.05) is 0 Å². The van der Waals surface area contributed by atoms with Gasteiger partial charge in [0.25, 0.3) is 0 Å². The standard InChI is InChI=1S/C14H18O4/c1-10-6-5-9-12(13(10)15)14(16)18-17-11-7-3-2-4-8-11/h5-6,9,11,15H,2-4,7-8H2,1H3. The average Bonchev–Trinajstić information content (AvgIpc) is 2.40. The highest BCUT2D eigenvalue weighted by atomic mass is 17.2. The molecule has 0 aliphatic heterocycles. The van der Waals surface area contributed by atoms with Crippen molar-refractivity contribution in [2.24, 2.45) is 0 Å². The van der Waals surface area contributed by atoms with Crippen LogP contribution in [0.3, 0.4) is 0 Å². The van der Waals surface area contributed by atoms with E-state index < -0.39 is 5.97 Å². The van der Waals surface area contributed by atoms with Crippen LogP contribution in [0.15, 0.2) is 18.2 Å². The van der Waals surface area contributed by atoms with Crippen molar-refractivity contribution < 1.29 is 19.7 Å². The lowest BCUT2D eigenvalue weighted by Crippen LogP contribution is -2.19. The maximum Gasteiger partial charge on any atom is 0.376 e. The summed E-state index contributed by atoms with van der Waals surface area (Å²) in [5.74, 6) is -0.684. The van der Waals surface area contributed by atoms with Crippen LogP contribution in [0.4, 0.5) is 0 Å². The van der Waals surface area contributed by atoms with E-state index in [0.717, 1.165) is 25.7 Å². The Morgan fingerprint density at radius 3 is 2.72 bits per heavy atom. The summed E-state index contributed by atoms with van der Waals surface area (Å²) in [6, 6.07) is 4.95. The van der Waals surface area contributed by atoms with E-state index in [0.29, 0.717) is 5.56 Å². The molecule has 1 N–H and O–H groups in total. The Labute approximate surface area is 106 Å². The maximum absolute atomic E-state index is 11.8. The van der Waals surface area contributed by atoms with Crippen LogP contribution in [0.1, 0.15) is 48.0 Å². The molecule has 1 aliphatic rings. The Bertz CT molecular complexity index is 422. The molecule has 0 bridgehead atoms. The lowest BCUT2D eigenvalue weighted by Gasteiger charge is -2.19. The van der Waals surface area contributed by atoms with Crippen molar-refractivity contribution in [2.45, 2.75) is 45.1 Å². The Morgan fingerprint density at radius 2 is 2.00 bits per heavy atom. The van der Waals surface area contributed by atoms with E-state index in [4.69, 9.17) is 9.78 Å². The number of aromatic hydroxyl groups is 1. The molecule has 0 aromatic heterocycles. The van der Waals surface area contributed by atoms with Gasteiger partial charge >= 0.3 is 5.97 Å². The van der Waals surface area contributed by atoms with Gasteiger partial charge in [0.15, 0.2) is 0 Å². The number of rotatable bonds is 3. The lowest BCUT2D eigenvalue weighted by molar-refractivity contribution is -0.279. The van der Waals surface area contributed by atoms with Gasteiger partial charge in [-0.05, 0) is 31.4 Å². The highest BCUT2D eigenvalue weighted by Crippen LogP contribution is 2.24.